The molecule has 1 atom stereocenters. The predicted molar refractivity (Wildman–Crippen MR) is 127 cm³/mol. The van der Waals surface area contributed by atoms with Crippen LogP contribution in [0.2, 0.25) is 0 Å². The highest BCUT2D eigenvalue weighted by atomic mass is 14.9. The molecule has 1 aliphatic rings. The van der Waals surface area contributed by atoms with Crippen molar-refractivity contribution in [2.45, 2.75) is 26.3 Å². The molecule has 29 heavy (non-hydrogen) atoms. The zero-order valence-corrected chi connectivity index (χ0v) is 17.1. The highest BCUT2D eigenvalue weighted by Crippen LogP contribution is 2.25. The fourth-order valence-electron chi connectivity index (χ4n) is 3.68. The standard InChI is InChI=1S/C28H27N/c1-21-8-6-7-11-26(21)20-22(2)23-12-16-27(17-13-23)29-28-18-14-25(15-19-28)24-9-4-3-5-10-24/h3-18,20,28-29H,19H2,1-2H3/b22-20+. The minimum Gasteiger partial charge on any atom is -0.379 e. The molecule has 3 aromatic rings. The summed E-state index contributed by atoms with van der Waals surface area (Å²) >= 11 is 0. The Morgan fingerprint density at radius 2 is 1.62 bits per heavy atom. The van der Waals surface area contributed by atoms with Crippen LogP contribution in [0.3, 0.4) is 0 Å². The third-order valence-electron chi connectivity index (χ3n) is 5.46. The summed E-state index contributed by atoms with van der Waals surface area (Å²) in [6.07, 6.45) is 10.1. The van der Waals surface area contributed by atoms with Gasteiger partial charge in [-0.05, 0) is 65.8 Å². The SMILES string of the molecule is C/C(=C\c1ccccc1C)c1ccc(NC2C=CC(c3ccccc3)=CC2)cc1. The Kier molecular flexibility index (Phi) is 5.76. The van der Waals surface area contributed by atoms with E-state index >= 15 is 0 Å². The van der Waals surface area contributed by atoms with E-state index < -0.39 is 0 Å². The van der Waals surface area contributed by atoms with Gasteiger partial charge in [0.25, 0.3) is 0 Å². The average Bonchev–Trinajstić information content (AvgIpc) is 2.77. The van der Waals surface area contributed by atoms with Crippen LogP contribution in [0.1, 0.15) is 35.6 Å². The van der Waals surface area contributed by atoms with Gasteiger partial charge in [-0.25, -0.2) is 0 Å². The van der Waals surface area contributed by atoms with E-state index in [1.165, 1.54) is 33.4 Å². The lowest BCUT2D eigenvalue weighted by atomic mass is 9.97. The number of allylic oxidation sites excluding steroid dienone is 3. The Bertz CT molecular complexity index is 1050. The molecule has 0 bridgehead atoms. The molecule has 1 aliphatic carbocycles. The van der Waals surface area contributed by atoms with E-state index in [2.05, 4.69) is 122 Å². The van der Waals surface area contributed by atoms with Crippen LogP contribution >= 0.6 is 0 Å². The van der Waals surface area contributed by atoms with Crippen molar-refractivity contribution in [3.8, 4) is 0 Å². The molecule has 1 unspecified atom stereocenters. The number of nitrogens with one attached hydrogen (secondary N) is 1. The first kappa shape index (κ1) is 19.0. The van der Waals surface area contributed by atoms with E-state index in [0.29, 0.717) is 6.04 Å². The number of hydrogen-bond acceptors (Lipinski definition) is 1. The second-order valence-electron chi connectivity index (χ2n) is 7.63. The van der Waals surface area contributed by atoms with Crippen molar-refractivity contribution in [1.82, 2.24) is 0 Å². The maximum atomic E-state index is 3.63. The first-order valence-electron chi connectivity index (χ1n) is 10.2. The molecule has 0 heterocycles. The first-order chi connectivity index (χ1) is 14.2. The van der Waals surface area contributed by atoms with Gasteiger partial charge in [-0.15, -0.1) is 0 Å². The molecule has 0 saturated carbocycles. The molecule has 0 amide bonds. The quantitative estimate of drug-likeness (QED) is 0.457. The van der Waals surface area contributed by atoms with Gasteiger partial charge in [-0.2, -0.15) is 0 Å². The molecular formula is C28H27N. The van der Waals surface area contributed by atoms with E-state index in [4.69, 9.17) is 0 Å². The Morgan fingerprint density at radius 3 is 2.31 bits per heavy atom. The highest BCUT2D eigenvalue weighted by Gasteiger charge is 2.10. The second kappa shape index (κ2) is 8.79. The molecule has 1 heteroatoms. The zero-order valence-electron chi connectivity index (χ0n) is 17.1. The van der Waals surface area contributed by atoms with Gasteiger partial charge in [0.2, 0.25) is 0 Å². The van der Waals surface area contributed by atoms with Crippen LogP contribution in [0.15, 0.2) is 97.1 Å². The average molecular weight is 378 g/mol. The largest absolute Gasteiger partial charge is 0.379 e. The summed E-state index contributed by atoms with van der Waals surface area (Å²) in [5.41, 5.74) is 8.85. The van der Waals surface area contributed by atoms with Crippen molar-refractivity contribution >= 4 is 22.9 Å². The van der Waals surface area contributed by atoms with Crippen molar-refractivity contribution in [3.63, 3.8) is 0 Å². The maximum Gasteiger partial charge on any atom is 0.0482 e. The third-order valence-corrected chi connectivity index (χ3v) is 5.46. The maximum absolute atomic E-state index is 3.63. The monoisotopic (exact) mass is 377 g/mol. The normalized spacial score (nSPS) is 16.4. The van der Waals surface area contributed by atoms with Gasteiger partial charge in [0.15, 0.2) is 0 Å². The lowest BCUT2D eigenvalue weighted by Crippen LogP contribution is -2.17. The number of aryl methyl sites for hydroxylation is 1. The van der Waals surface area contributed by atoms with E-state index in [9.17, 15) is 0 Å². The first-order valence-corrected chi connectivity index (χ1v) is 10.2. The van der Waals surface area contributed by atoms with E-state index in [1.807, 2.05) is 0 Å². The van der Waals surface area contributed by atoms with Gasteiger partial charge in [0.1, 0.15) is 0 Å². The van der Waals surface area contributed by atoms with Crippen LogP contribution in [0, 0.1) is 6.92 Å². The molecule has 1 nitrogen and oxygen atoms in total. The minimum atomic E-state index is 0.330. The van der Waals surface area contributed by atoms with E-state index in [-0.39, 0.29) is 0 Å². The van der Waals surface area contributed by atoms with Gasteiger partial charge in [-0.1, -0.05) is 91.0 Å². The van der Waals surface area contributed by atoms with Crippen molar-refractivity contribution in [3.05, 3.63) is 119 Å². The molecule has 144 valence electrons. The Balaban J connectivity index is 1.40. The summed E-state index contributed by atoms with van der Waals surface area (Å²) in [5, 5.41) is 3.63. The summed E-state index contributed by atoms with van der Waals surface area (Å²) in [6.45, 7) is 4.33. The van der Waals surface area contributed by atoms with Crippen LogP contribution < -0.4 is 5.32 Å². The van der Waals surface area contributed by atoms with E-state index in [0.717, 1.165) is 12.1 Å². The fourth-order valence-corrected chi connectivity index (χ4v) is 3.68. The third kappa shape index (κ3) is 4.75. The molecule has 0 radical (unpaired) electrons. The summed E-state index contributed by atoms with van der Waals surface area (Å²) in [4.78, 5) is 0. The lowest BCUT2D eigenvalue weighted by Gasteiger charge is -2.19. The fraction of sp³-hybridized carbons (Fsp3) is 0.143. The van der Waals surface area contributed by atoms with Gasteiger partial charge in [-0.3, -0.25) is 0 Å². The lowest BCUT2D eigenvalue weighted by molar-refractivity contribution is 0.886. The predicted octanol–water partition coefficient (Wildman–Crippen LogP) is 7.38. The summed E-state index contributed by atoms with van der Waals surface area (Å²) in [6, 6.07) is 28.1. The van der Waals surface area contributed by atoms with Gasteiger partial charge < -0.3 is 5.32 Å². The summed E-state index contributed by atoms with van der Waals surface area (Å²) < 4.78 is 0. The topological polar surface area (TPSA) is 12.0 Å². The number of rotatable bonds is 5. The van der Waals surface area contributed by atoms with Crippen molar-refractivity contribution in [1.29, 1.82) is 0 Å². The zero-order chi connectivity index (χ0) is 20.1. The smallest absolute Gasteiger partial charge is 0.0482 e. The van der Waals surface area contributed by atoms with Gasteiger partial charge in [0, 0.05) is 11.7 Å². The number of hydrogen-bond donors (Lipinski definition) is 1. The summed E-state index contributed by atoms with van der Waals surface area (Å²) in [7, 11) is 0. The molecule has 0 aromatic heterocycles. The van der Waals surface area contributed by atoms with Crippen LogP contribution in [-0.4, -0.2) is 6.04 Å². The van der Waals surface area contributed by atoms with E-state index in [1.54, 1.807) is 0 Å². The molecule has 0 fully saturated rings. The second-order valence-corrected chi connectivity index (χ2v) is 7.63. The summed E-state index contributed by atoms with van der Waals surface area (Å²) in [5.74, 6) is 0. The van der Waals surface area contributed by atoms with Crippen molar-refractivity contribution in [2.24, 2.45) is 0 Å². The van der Waals surface area contributed by atoms with Gasteiger partial charge >= 0.3 is 0 Å². The molecular weight excluding hydrogens is 350 g/mol. The molecule has 3 aromatic carbocycles. The van der Waals surface area contributed by atoms with Crippen molar-refractivity contribution in [2.75, 3.05) is 5.32 Å². The van der Waals surface area contributed by atoms with Gasteiger partial charge in [0.05, 0.1) is 0 Å². The number of benzene rings is 3. The van der Waals surface area contributed by atoms with Crippen LogP contribution in [0.5, 0.6) is 0 Å². The van der Waals surface area contributed by atoms with Crippen molar-refractivity contribution < 1.29 is 0 Å². The minimum absolute atomic E-state index is 0.330. The van der Waals surface area contributed by atoms with Crippen LogP contribution in [0.25, 0.3) is 17.2 Å². The highest BCUT2D eigenvalue weighted by molar-refractivity contribution is 5.81. The molecule has 0 aliphatic heterocycles. The molecule has 0 saturated heterocycles. The Hall–Kier alpha value is -3.32. The molecule has 0 spiro atoms. The van der Waals surface area contributed by atoms with Crippen LogP contribution in [-0.2, 0) is 0 Å². The Morgan fingerprint density at radius 1 is 0.897 bits per heavy atom. The number of anilines is 1. The molecule has 4 rings (SSSR count). The van der Waals surface area contributed by atoms with Crippen LogP contribution in [0.4, 0.5) is 5.69 Å². The Labute approximate surface area is 174 Å². The molecule has 1 N–H and O–H groups in total.